The predicted octanol–water partition coefficient (Wildman–Crippen LogP) is 2.50. The summed E-state index contributed by atoms with van der Waals surface area (Å²) in [5.41, 5.74) is 7.83. The Balaban J connectivity index is 0.000000245. The maximum absolute atomic E-state index is 11.7. The minimum atomic E-state index is -0.649. The molecule has 0 aliphatic heterocycles. The zero-order chi connectivity index (χ0) is 22.3. The van der Waals surface area contributed by atoms with Gasteiger partial charge in [0.05, 0.1) is 5.69 Å². The lowest BCUT2D eigenvalue weighted by Gasteiger charge is -2.02. The number of aliphatic imine (C=N–C) groups is 1. The molecule has 0 fully saturated rings. The summed E-state index contributed by atoms with van der Waals surface area (Å²) in [6.07, 6.45) is 0. The molecule has 9 nitrogen and oxygen atoms in total. The molecule has 0 aliphatic carbocycles. The van der Waals surface area contributed by atoms with E-state index in [1.165, 1.54) is 6.01 Å². The van der Waals surface area contributed by atoms with Crippen molar-refractivity contribution in [3.8, 4) is 0 Å². The number of nitrogens with zero attached hydrogens (tertiary/aromatic N) is 2. The summed E-state index contributed by atoms with van der Waals surface area (Å²) < 4.78 is 0. The van der Waals surface area contributed by atoms with Crippen LogP contribution in [0.5, 0.6) is 0 Å². The molecule has 3 rings (SSSR count). The third kappa shape index (κ3) is 9.33. The number of benzene rings is 3. The fourth-order valence-corrected chi connectivity index (χ4v) is 2.23. The smallest absolute Gasteiger partial charge is 0.384 e. The summed E-state index contributed by atoms with van der Waals surface area (Å²) in [5, 5.41) is 15.6. The molecule has 0 heterocycles. The predicted molar refractivity (Wildman–Crippen MR) is 121 cm³/mol. The Labute approximate surface area is 179 Å². The molecule has 0 radical (unpaired) electrons. The molecule has 4 amide bonds. The number of anilines is 2. The van der Waals surface area contributed by atoms with Crippen LogP contribution in [0.4, 0.5) is 26.7 Å². The zero-order valence-electron chi connectivity index (χ0n) is 16.4. The van der Waals surface area contributed by atoms with E-state index in [0.717, 1.165) is 5.69 Å². The maximum atomic E-state index is 11.7. The first kappa shape index (κ1) is 22.5. The number of nitrogens with two attached hydrogens (primary N) is 1. The van der Waals surface area contributed by atoms with Gasteiger partial charge in [-0.1, -0.05) is 54.6 Å². The van der Waals surface area contributed by atoms with Crippen molar-refractivity contribution < 1.29 is 14.6 Å². The molecule has 6 N–H and O–H groups in total. The monoisotopic (exact) mass is 415 g/mol. The highest BCUT2D eigenvalue weighted by molar-refractivity contribution is 6.00. The molecule has 9 heteroatoms. The molecular formula is C22H21N7O2. The Morgan fingerprint density at radius 2 is 1.29 bits per heavy atom. The summed E-state index contributed by atoms with van der Waals surface area (Å²) >= 11 is 0. The van der Waals surface area contributed by atoms with Crippen molar-refractivity contribution in [2.24, 2.45) is 10.7 Å². The van der Waals surface area contributed by atoms with Crippen LogP contribution in [0.2, 0.25) is 0 Å². The van der Waals surface area contributed by atoms with Gasteiger partial charge >= 0.3 is 12.0 Å². The van der Waals surface area contributed by atoms with E-state index in [2.05, 4.69) is 25.9 Å². The van der Waals surface area contributed by atoms with E-state index in [1.807, 2.05) is 54.6 Å². The Bertz CT molecular complexity index is 1050. The van der Waals surface area contributed by atoms with Gasteiger partial charge in [0, 0.05) is 11.4 Å². The van der Waals surface area contributed by atoms with Gasteiger partial charge in [-0.15, -0.1) is 6.01 Å². The van der Waals surface area contributed by atoms with Crippen LogP contribution in [0.25, 0.3) is 5.41 Å². The first-order valence-electron chi connectivity index (χ1n) is 9.10. The second-order valence-electron chi connectivity index (χ2n) is 5.86. The SMILES string of the molecule is NC(NC(=O)Nc1ccccc1)=[NH+]c1ccccc1.[N-]=C=NC(=O)Nc1ccccc1. The van der Waals surface area contributed by atoms with Gasteiger partial charge in [-0.25, -0.2) is 9.79 Å². The zero-order valence-corrected chi connectivity index (χ0v) is 16.4. The number of hydrogen-bond donors (Lipinski definition) is 5. The van der Waals surface area contributed by atoms with Crippen LogP contribution in [-0.4, -0.2) is 24.0 Å². The highest BCUT2D eigenvalue weighted by atomic mass is 16.2. The molecule has 0 atom stereocenters. The molecule has 0 aromatic heterocycles. The quantitative estimate of drug-likeness (QED) is 0.331. The molecule has 0 spiro atoms. The van der Waals surface area contributed by atoms with Gasteiger partial charge in [0.2, 0.25) is 6.03 Å². The lowest BCUT2D eigenvalue weighted by molar-refractivity contribution is -0.357. The van der Waals surface area contributed by atoms with Crippen molar-refractivity contribution >= 4 is 41.1 Å². The van der Waals surface area contributed by atoms with E-state index in [0.29, 0.717) is 11.4 Å². The Hall–Kier alpha value is -4.75. The molecule has 0 bridgehead atoms. The number of urea groups is 2. The van der Waals surface area contributed by atoms with Crippen molar-refractivity contribution in [3.63, 3.8) is 0 Å². The minimum Gasteiger partial charge on any atom is -0.422 e. The number of hydrogen-bond acceptors (Lipinski definition) is 2. The molecule has 0 saturated carbocycles. The minimum absolute atomic E-state index is 0.166. The van der Waals surface area contributed by atoms with Crippen LogP contribution < -0.4 is 26.7 Å². The summed E-state index contributed by atoms with van der Waals surface area (Å²) in [6.45, 7) is 0. The third-order valence-electron chi connectivity index (χ3n) is 3.51. The van der Waals surface area contributed by atoms with Crippen LogP contribution in [-0.2, 0) is 0 Å². The summed E-state index contributed by atoms with van der Waals surface area (Å²) in [5.74, 6) is 0.166. The first-order valence-corrected chi connectivity index (χ1v) is 9.10. The molecule has 0 unspecified atom stereocenters. The molecule has 31 heavy (non-hydrogen) atoms. The number of nitrogens with one attached hydrogen (secondary N) is 4. The van der Waals surface area contributed by atoms with Gasteiger partial charge < -0.3 is 15.7 Å². The molecule has 0 saturated heterocycles. The molecule has 3 aromatic rings. The van der Waals surface area contributed by atoms with E-state index >= 15 is 0 Å². The number of carbonyl (C=O) groups is 2. The lowest BCUT2D eigenvalue weighted by atomic mass is 10.3. The molecular weight excluding hydrogens is 394 g/mol. The van der Waals surface area contributed by atoms with Crippen LogP contribution >= 0.6 is 0 Å². The molecule has 0 aliphatic rings. The van der Waals surface area contributed by atoms with Crippen LogP contribution in [0, 0.1) is 0 Å². The summed E-state index contributed by atoms with van der Waals surface area (Å²) in [4.78, 5) is 28.2. The van der Waals surface area contributed by atoms with E-state index in [4.69, 9.17) is 11.1 Å². The number of para-hydroxylation sites is 3. The van der Waals surface area contributed by atoms with Gasteiger partial charge in [0.15, 0.2) is 0 Å². The van der Waals surface area contributed by atoms with Crippen molar-refractivity contribution in [1.82, 2.24) is 5.32 Å². The molecule has 3 aromatic carbocycles. The average molecular weight is 415 g/mol. The molecule has 156 valence electrons. The van der Waals surface area contributed by atoms with Gasteiger partial charge in [0.1, 0.15) is 0 Å². The first-order chi connectivity index (χ1) is 15.1. The van der Waals surface area contributed by atoms with Crippen molar-refractivity contribution in [3.05, 3.63) is 96.4 Å². The summed E-state index contributed by atoms with van der Waals surface area (Å²) in [7, 11) is 0. The van der Waals surface area contributed by atoms with Gasteiger partial charge in [-0.05, 0) is 36.4 Å². The Morgan fingerprint density at radius 1 is 0.806 bits per heavy atom. The van der Waals surface area contributed by atoms with Gasteiger partial charge in [-0.3, -0.25) is 15.8 Å². The third-order valence-corrected chi connectivity index (χ3v) is 3.51. The number of amides is 4. The van der Waals surface area contributed by atoms with E-state index < -0.39 is 12.1 Å². The average Bonchev–Trinajstić information content (AvgIpc) is 2.76. The van der Waals surface area contributed by atoms with Gasteiger partial charge in [0.25, 0.3) is 0 Å². The summed E-state index contributed by atoms with van der Waals surface area (Å²) in [6, 6.07) is 27.7. The number of rotatable bonds is 3. The van der Waals surface area contributed by atoms with E-state index in [-0.39, 0.29) is 5.96 Å². The van der Waals surface area contributed by atoms with Crippen LogP contribution in [0.15, 0.2) is 96.0 Å². The Kier molecular flexibility index (Phi) is 9.20. The second kappa shape index (κ2) is 12.7. The van der Waals surface area contributed by atoms with Crippen molar-refractivity contribution in [2.75, 3.05) is 10.6 Å². The fraction of sp³-hybridized carbons (Fsp3) is 0. The highest BCUT2D eigenvalue weighted by Crippen LogP contribution is 2.05. The van der Waals surface area contributed by atoms with Crippen LogP contribution in [0.1, 0.15) is 0 Å². The lowest BCUT2D eigenvalue weighted by Crippen LogP contribution is -2.74. The van der Waals surface area contributed by atoms with E-state index in [9.17, 15) is 9.59 Å². The number of guanidine groups is 1. The second-order valence-corrected chi connectivity index (χ2v) is 5.86. The fourth-order valence-electron chi connectivity index (χ4n) is 2.23. The van der Waals surface area contributed by atoms with Crippen molar-refractivity contribution in [2.45, 2.75) is 0 Å². The van der Waals surface area contributed by atoms with Gasteiger partial charge in [-0.2, -0.15) is 5.32 Å². The van der Waals surface area contributed by atoms with Crippen LogP contribution in [0.3, 0.4) is 0 Å². The van der Waals surface area contributed by atoms with E-state index in [1.54, 1.807) is 36.4 Å². The standard InChI is InChI=1S/C14H14N4O.C8H6N3O/c15-13(16-11-7-3-1-4-8-11)18-14(19)17-12-9-5-2-6-10-12;9-6-10-8(12)11-7-4-2-1-3-5-7/h1-10H,(H4,15,16,17,18,19);1-5H,(H,11,12)/q;-1/p+1. The topological polar surface area (TPSA) is 145 Å². The highest BCUT2D eigenvalue weighted by Gasteiger charge is 2.08. The Morgan fingerprint density at radius 3 is 1.81 bits per heavy atom. The maximum Gasteiger partial charge on any atom is 0.384 e. The number of carbonyl (C=O) groups excluding carboxylic acids is 2. The van der Waals surface area contributed by atoms with Crippen molar-refractivity contribution in [1.29, 1.82) is 0 Å². The largest absolute Gasteiger partial charge is 0.422 e. The normalized spacial score (nSPS) is 9.87.